The number of hydrogen-bond donors (Lipinski definition) is 2. The molecule has 8 nitrogen and oxygen atoms in total. The van der Waals surface area contributed by atoms with E-state index in [0.29, 0.717) is 10.8 Å². The van der Waals surface area contributed by atoms with Crippen LogP contribution in [0.5, 0.6) is 0 Å². The monoisotopic (exact) mass is 445 g/mol. The van der Waals surface area contributed by atoms with Gasteiger partial charge in [0.15, 0.2) is 5.13 Å². The summed E-state index contributed by atoms with van der Waals surface area (Å²) in [6.07, 6.45) is 1.66. The zero-order valence-corrected chi connectivity index (χ0v) is 17.9. The number of carbonyl (C=O) groups excluding carboxylic acids is 1. The molecule has 2 heterocycles. The van der Waals surface area contributed by atoms with Crippen LogP contribution in [0.25, 0.3) is 11.3 Å². The molecule has 0 bridgehead atoms. The minimum Gasteiger partial charge on any atom is -0.371 e. The van der Waals surface area contributed by atoms with E-state index in [-0.39, 0.29) is 17.3 Å². The first-order valence-electron chi connectivity index (χ1n) is 9.79. The lowest BCUT2D eigenvalue weighted by Gasteiger charge is -2.15. The van der Waals surface area contributed by atoms with Crippen molar-refractivity contribution in [2.24, 2.45) is 0 Å². The second-order valence-electron chi connectivity index (χ2n) is 6.97. The van der Waals surface area contributed by atoms with E-state index >= 15 is 0 Å². The van der Waals surface area contributed by atoms with Gasteiger partial charge >= 0.3 is 0 Å². The number of aromatic nitrogens is 2. The summed E-state index contributed by atoms with van der Waals surface area (Å²) in [5, 5.41) is 19.7. The van der Waals surface area contributed by atoms with Crippen LogP contribution in [0.2, 0.25) is 0 Å². The molecule has 0 fully saturated rings. The molecular weight excluding hydrogens is 426 g/mol. The van der Waals surface area contributed by atoms with Crippen molar-refractivity contribution in [3.63, 3.8) is 0 Å². The Morgan fingerprint density at radius 1 is 1.09 bits per heavy atom. The lowest BCUT2D eigenvalue weighted by molar-refractivity contribution is -0.384. The first-order chi connectivity index (χ1) is 15.5. The predicted molar refractivity (Wildman–Crippen MR) is 125 cm³/mol. The molecule has 1 amide bonds. The van der Waals surface area contributed by atoms with E-state index in [1.54, 1.807) is 18.3 Å². The average molecular weight is 446 g/mol. The maximum absolute atomic E-state index is 12.7. The fraction of sp³-hybridized carbons (Fsp3) is 0.0870. The van der Waals surface area contributed by atoms with Crippen molar-refractivity contribution >= 4 is 33.8 Å². The van der Waals surface area contributed by atoms with Gasteiger partial charge in [-0.15, -0.1) is 11.3 Å². The Balaban J connectivity index is 1.51. The highest BCUT2D eigenvalue weighted by Gasteiger charge is 2.20. The molecule has 0 saturated carbocycles. The Hall–Kier alpha value is -4.11. The van der Waals surface area contributed by atoms with E-state index in [1.807, 2.05) is 54.8 Å². The van der Waals surface area contributed by atoms with Gasteiger partial charge in [0.1, 0.15) is 5.69 Å². The molecule has 4 rings (SSSR count). The fourth-order valence-electron chi connectivity index (χ4n) is 3.13. The minimum absolute atomic E-state index is 0.171. The molecule has 0 spiro atoms. The quantitative estimate of drug-likeness (QED) is 0.285. The Morgan fingerprint density at radius 2 is 1.88 bits per heavy atom. The van der Waals surface area contributed by atoms with Crippen LogP contribution in [0.15, 0.2) is 78.3 Å². The molecule has 0 radical (unpaired) electrons. The smallest absolute Gasteiger partial charge is 0.293 e. The van der Waals surface area contributed by atoms with Crippen molar-refractivity contribution in [3.8, 4) is 11.3 Å². The van der Waals surface area contributed by atoms with E-state index in [4.69, 9.17) is 0 Å². The van der Waals surface area contributed by atoms with Gasteiger partial charge < -0.3 is 5.32 Å². The molecule has 32 heavy (non-hydrogen) atoms. The van der Waals surface area contributed by atoms with Crippen LogP contribution in [-0.4, -0.2) is 20.8 Å². The molecule has 2 aromatic heterocycles. The van der Waals surface area contributed by atoms with Crippen molar-refractivity contribution < 1.29 is 9.72 Å². The van der Waals surface area contributed by atoms with Gasteiger partial charge in [-0.05, 0) is 31.2 Å². The summed E-state index contributed by atoms with van der Waals surface area (Å²) in [7, 11) is 0. The maximum atomic E-state index is 12.7. The van der Waals surface area contributed by atoms with Crippen LogP contribution < -0.4 is 10.6 Å². The van der Waals surface area contributed by atoms with Crippen molar-refractivity contribution in [1.29, 1.82) is 0 Å². The maximum Gasteiger partial charge on any atom is 0.293 e. The molecule has 0 aliphatic heterocycles. The lowest BCUT2D eigenvalue weighted by Crippen LogP contribution is -2.13. The molecule has 9 heteroatoms. The van der Waals surface area contributed by atoms with Crippen molar-refractivity contribution in [1.82, 2.24) is 9.97 Å². The number of rotatable bonds is 7. The van der Waals surface area contributed by atoms with Crippen LogP contribution in [0.1, 0.15) is 29.0 Å². The topological polar surface area (TPSA) is 110 Å². The van der Waals surface area contributed by atoms with Crippen molar-refractivity contribution in [3.05, 3.63) is 99.7 Å². The second kappa shape index (κ2) is 9.36. The van der Waals surface area contributed by atoms with Gasteiger partial charge in [0.25, 0.3) is 11.6 Å². The highest BCUT2D eigenvalue weighted by Crippen LogP contribution is 2.30. The Kier molecular flexibility index (Phi) is 6.18. The van der Waals surface area contributed by atoms with Crippen molar-refractivity contribution in [2.45, 2.75) is 13.0 Å². The summed E-state index contributed by atoms with van der Waals surface area (Å²) in [5.41, 5.74) is 2.73. The molecule has 0 saturated heterocycles. The predicted octanol–water partition coefficient (Wildman–Crippen LogP) is 5.54. The number of anilines is 2. The Labute approximate surface area is 188 Å². The Bertz CT molecular complexity index is 1240. The van der Waals surface area contributed by atoms with E-state index in [2.05, 4.69) is 20.6 Å². The summed E-state index contributed by atoms with van der Waals surface area (Å²) in [4.78, 5) is 32.5. The third-order valence-corrected chi connectivity index (χ3v) is 5.51. The van der Waals surface area contributed by atoms with Gasteiger partial charge in [0.2, 0.25) is 0 Å². The van der Waals surface area contributed by atoms with Crippen LogP contribution in [0.3, 0.4) is 0 Å². The van der Waals surface area contributed by atoms with Crippen molar-refractivity contribution in [2.75, 3.05) is 10.6 Å². The molecule has 4 aromatic rings. The van der Waals surface area contributed by atoms with Gasteiger partial charge in [0.05, 0.1) is 22.4 Å². The first-order valence-corrected chi connectivity index (χ1v) is 10.7. The number of nitrogens with one attached hydrogen (secondary N) is 2. The first kappa shape index (κ1) is 21.1. The standard InChI is InChI=1S/C23H19N5O3S/c1-15(18-9-5-6-12-24-18)25-19-11-10-17(13-21(19)28(30)31)22(29)27-23-26-20(14-32-23)16-7-3-2-4-8-16/h2-15,25H,1H3,(H,26,27,29). The number of benzene rings is 2. The molecule has 0 aliphatic rings. The largest absolute Gasteiger partial charge is 0.371 e. The summed E-state index contributed by atoms with van der Waals surface area (Å²) in [6.45, 7) is 1.86. The SMILES string of the molecule is CC(Nc1ccc(C(=O)Nc2nc(-c3ccccc3)cs2)cc1[N+](=O)[O-])c1ccccn1. The highest BCUT2D eigenvalue weighted by atomic mass is 32.1. The van der Waals surface area contributed by atoms with Gasteiger partial charge in [-0.1, -0.05) is 36.4 Å². The number of nitro benzene ring substituents is 1. The third kappa shape index (κ3) is 4.79. The minimum atomic E-state index is -0.513. The number of pyridine rings is 1. The highest BCUT2D eigenvalue weighted by molar-refractivity contribution is 7.14. The van der Waals surface area contributed by atoms with Gasteiger partial charge in [-0.2, -0.15) is 0 Å². The number of nitro groups is 1. The van der Waals surface area contributed by atoms with E-state index in [9.17, 15) is 14.9 Å². The zero-order valence-electron chi connectivity index (χ0n) is 17.1. The van der Waals surface area contributed by atoms with Gasteiger partial charge in [-0.25, -0.2) is 4.98 Å². The third-order valence-electron chi connectivity index (χ3n) is 4.75. The lowest BCUT2D eigenvalue weighted by atomic mass is 10.1. The number of hydrogen-bond acceptors (Lipinski definition) is 7. The zero-order chi connectivity index (χ0) is 22.5. The normalized spacial score (nSPS) is 11.5. The number of carbonyl (C=O) groups is 1. The second-order valence-corrected chi connectivity index (χ2v) is 7.83. The van der Waals surface area contributed by atoms with E-state index < -0.39 is 10.8 Å². The van der Waals surface area contributed by atoms with Crippen LogP contribution in [0, 0.1) is 10.1 Å². The molecular formula is C23H19N5O3S. The van der Waals surface area contributed by atoms with Crippen LogP contribution >= 0.6 is 11.3 Å². The van der Waals surface area contributed by atoms with Gasteiger partial charge in [0, 0.05) is 28.8 Å². The molecule has 2 aromatic carbocycles. The average Bonchev–Trinajstić information content (AvgIpc) is 3.28. The Morgan fingerprint density at radius 3 is 2.59 bits per heavy atom. The van der Waals surface area contributed by atoms with E-state index in [1.165, 1.54) is 23.5 Å². The van der Waals surface area contributed by atoms with Crippen LogP contribution in [-0.2, 0) is 0 Å². The number of thiazole rings is 1. The summed E-state index contributed by atoms with van der Waals surface area (Å²) in [6, 6.07) is 19.2. The van der Waals surface area contributed by atoms with E-state index in [0.717, 1.165) is 17.0 Å². The number of amides is 1. The molecule has 1 unspecified atom stereocenters. The van der Waals surface area contributed by atoms with Gasteiger partial charge in [-0.3, -0.25) is 25.2 Å². The summed E-state index contributed by atoms with van der Waals surface area (Å²) in [5.74, 6) is -0.466. The van der Waals surface area contributed by atoms with Crippen LogP contribution in [0.4, 0.5) is 16.5 Å². The summed E-state index contributed by atoms with van der Waals surface area (Å²) < 4.78 is 0. The molecule has 0 aliphatic carbocycles. The summed E-state index contributed by atoms with van der Waals surface area (Å²) >= 11 is 1.29. The number of nitrogens with zero attached hydrogens (tertiary/aromatic N) is 3. The molecule has 2 N–H and O–H groups in total. The molecule has 160 valence electrons. The fourth-order valence-corrected chi connectivity index (χ4v) is 3.84. The molecule has 1 atom stereocenters.